The molecule has 2 aromatic carbocycles. The summed E-state index contributed by atoms with van der Waals surface area (Å²) >= 11 is 0. The van der Waals surface area contributed by atoms with Crippen molar-refractivity contribution in [1.29, 1.82) is 0 Å². The molecule has 0 unspecified atom stereocenters. The molecule has 0 aliphatic heterocycles. The summed E-state index contributed by atoms with van der Waals surface area (Å²) in [5.41, 5.74) is 2.45. The van der Waals surface area contributed by atoms with E-state index in [9.17, 15) is 13.2 Å². The predicted molar refractivity (Wildman–Crippen MR) is 75.4 cm³/mol. The van der Waals surface area contributed by atoms with Crippen molar-refractivity contribution < 1.29 is 13.2 Å². The maximum absolute atomic E-state index is 13.5. The topological polar surface area (TPSA) is 0 Å². The first kappa shape index (κ1) is 14.6. The third kappa shape index (κ3) is 3.41. The van der Waals surface area contributed by atoms with Crippen LogP contribution in [-0.4, -0.2) is 6.67 Å². The molecule has 0 aliphatic rings. The van der Waals surface area contributed by atoms with E-state index in [4.69, 9.17) is 0 Å². The van der Waals surface area contributed by atoms with Gasteiger partial charge in [0.25, 0.3) is 0 Å². The average Bonchev–Trinajstić information content (AvgIpc) is 2.45. The molecule has 0 spiro atoms. The second kappa shape index (κ2) is 6.60. The molecule has 106 valence electrons. The second-order valence-corrected chi connectivity index (χ2v) is 4.91. The normalized spacial score (nSPS) is 10.8. The summed E-state index contributed by atoms with van der Waals surface area (Å²) in [6.07, 6.45) is 2.20. The summed E-state index contributed by atoms with van der Waals surface area (Å²) in [5.74, 6) is -1.07. The van der Waals surface area contributed by atoms with Gasteiger partial charge in [-0.2, -0.15) is 0 Å². The highest BCUT2D eigenvalue weighted by molar-refractivity contribution is 5.64. The lowest BCUT2D eigenvalue weighted by Crippen LogP contribution is -1.91. The number of halogens is 3. The predicted octanol–water partition coefficient (Wildman–Crippen LogP) is 5.23. The Morgan fingerprint density at radius 2 is 1.45 bits per heavy atom. The maximum atomic E-state index is 13.5. The van der Waals surface area contributed by atoms with Crippen LogP contribution in [0.15, 0.2) is 36.4 Å². The van der Waals surface area contributed by atoms with Crippen LogP contribution in [0.2, 0.25) is 0 Å². The lowest BCUT2D eigenvalue weighted by molar-refractivity contribution is 0.462. The first-order chi connectivity index (χ1) is 9.61. The van der Waals surface area contributed by atoms with Crippen LogP contribution in [0.1, 0.15) is 24.0 Å². The van der Waals surface area contributed by atoms with Gasteiger partial charge >= 0.3 is 0 Å². The zero-order chi connectivity index (χ0) is 14.5. The Labute approximate surface area is 117 Å². The van der Waals surface area contributed by atoms with Gasteiger partial charge in [0.15, 0.2) is 0 Å². The van der Waals surface area contributed by atoms with Crippen molar-refractivity contribution >= 4 is 0 Å². The van der Waals surface area contributed by atoms with Gasteiger partial charge in [-0.25, -0.2) is 8.78 Å². The molecule has 3 heteroatoms. The highest BCUT2D eigenvalue weighted by Crippen LogP contribution is 2.24. The third-order valence-corrected chi connectivity index (χ3v) is 3.42. The van der Waals surface area contributed by atoms with Crippen molar-refractivity contribution in [2.75, 3.05) is 6.67 Å². The number of hydrogen-bond donors (Lipinski definition) is 0. The Morgan fingerprint density at radius 3 is 2.00 bits per heavy atom. The number of benzene rings is 2. The summed E-state index contributed by atoms with van der Waals surface area (Å²) in [6.45, 7) is 1.13. The SMILES string of the molecule is Cc1c(F)cc(-c2ccc(CCCCF)cc2)cc1F. The van der Waals surface area contributed by atoms with Crippen LogP contribution < -0.4 is 0 Å². The molecule has 0 radical (unpaired) electrons. The molecule has 0 fully saturated rings. The first-order valence-corrected chi connectivity index (χ1v) is 6.72. The van der Waals surface area contributed by atoms with E-state index in [1.54, 1.807) is 0 Å². The van der Waals surface area contributed by atoms with E-state index >= 15 is 0 Å². The first-order valence-electron chi connectivity index (χ1n) is 6.72. The van der Waals surface area contributed by atoms with Gasteiger partial charge in [-0.05, 0) is 55.0 Å². The fraction of sp³-hybridized carbons (Fsp3) is 0.294. The van der Waals surface area contributed by atoms with Crippen molar-refractivity contribution in [3.63, 3.8) is 0 Å². The summed E-state index contributed by atoms with van der Waals surface area (Å²) in [6, 6.07) is 10.2. The molecule has 0 amide bonds. The number of aryl methyl sites for hydroxylation is 1. The van der Waals surface area contributed by atoms with Crippen LogP contribution in [0.5, 0.6) is 0 Å². The smallest absolute Gasteiger partial charge is 0.129 e. The Balaban J connectivity index is 2.17. The molecule has 0 aliphatic carbocycles. The molecule has 2 aromatic rings. The van der Waals surface area contributed by atoms with Crippen LogP contribution in [-0.2, 0) is 6.42 Å². The van der Waals surface area contributed by atoms with Crippen LogP contribution in [0.25, 0.3) is 11.1 Å². The Hall–Kier alpha value is -1.77. The van der Waals surface area contributed by atoms with E-state index in [0.717, 1.165) is 24.0 Å². The molecule has 0 bridgehead atoms. The highest BCUT2D eigenvalue weighted by atomic mass is 19.1. The summed E-state index contributed by atoms with van der Waals surface area (Å²) < 4.78 is 39.1. The van der Waals surface area contributed by atoms with Gasteiger partial charge < -0.3 is 0 Å². The summed E-state index contributed by atoms with van der Waals surface area (Å²) in [5, 5.41) is 0. The molecule has 20 heavy (non-hydrogen) atoms. The lowest BCUT2D eigenvalue weighted by atomic mass is 10.0. The maximum Gasteiger partial charge on any atom is 0.129 e. The second-order valence-electron chi connectivity index (χ2n) is 4.91. The van der Waals surface area contributed by atoms with E-state index in [-0.39, 0.29) is 12.2 Å². The van der Waals surface area contributed by atoms with Gasteiger partial charge in [0, 0.05) is 5.56 Å². The number of hydrogen-bond acceptors (Lipinski definition) is 0. The number of alkyl halides is 1. The van der Waals surface area contributed by atoms with E-state index in [1.165, 1.54) is 19.1 Å². The standard InChI is InChI=1S/C17H17F3/c1-12-16(19)10-15(11-17(12)20)14-7-5-13(6-8-14)4-2-3-9-18/h5-8,10-11H,2-4,9H2,1H3. The fourth-order valence-electron chi connectivity index (χ4n) is 2.10. The minimum Gasteiger partial charge on any atom is -0.251 e. The van der Waals surface area contributed by atoms with Gasteiger partial charge in [-0.3, -0.25) is 4.39 Å². The molecular formula is C17H17F3. The summed E-state index contributed by atoms with van der Waals surface area (Å²) in [4.78, 5) is 0. The minimum atomic E-state index is -0.535. The van der Waals surface area contributed by atoms with Gasteiger partial charge in [-0.1, -0.05) is 24.3 Å². The van der Waals surface area contributed by atoms with Crippen molar-refractivity contribution in [3.8, 4) is 11.1 Å². The molecule has 2 rings (SSSR count). The van der Waals surface area contributed by atoms with Crippen molar-refractivity contribution in [2.24, 2.45) is 0 Å². The minimum absolute atomic E-state index is 0.0385. The van der Waals surface area contributed by atoms with E-state index in [1.807, 2.05) is 24.3 Å². The number of rotatable bonds is 5. The van der Waals surface area contributed by atoms with Gasteiger partial charge in [-0.15, -0.1) is 0 Å². The molecule has 0 nitrogen and oxygen atoms in total. The molecule has 0 aromatic heterocycles. The molecular weight excluding hydrogens is 261 g/mol. The average molecular weight is 278 g/mol. The van der Waals surface area contributed by atoms with E-state index in [0.29, 0.717) is 12.0 Å². The molecule has 0 N–H and O–H groups in total. The van der Waals surface area contributed by atoms with Crippen molar-refractivity contribution in [3.05, 3.63) is 59.2 Å². The number of unbranched alkanes of at least 4 members (excludes halogenated alkanes) is 1. The Bertz CT molecular complexity index is 550. The van der Waals surface area contributed by atoms with Crippen LogP contribution >= 0.6 is 0 Å². The van der Waals surface area contributed by atoms with Crippen LogP contribution in [0, 0.1) is 18.6 Å². The van der Waals surface area contributed by atoms with Crippen LogP contribution in [0.4, 0.5) is 13.2 Å². The zero-order valence-electron chi connectivity index (χ0n) is 11.4. The summed E-state index contributed by atoms with van der Waals surface area (Å²) in [7, 11) is 0. The largest absolute Gasteiger partial charge is 0.251 e. The fourth-order valence-corrected chi connectivity index (χ4v) is 2.10. The Morgan fingerprint density at radius 1 is 0.850 bits per heavy atom. The molecule has 0 saturated heterocycles. The molecule has 0 saturated carbocycles. The molecule has 0 atom stereocenters. The monoisotopic (exact) mass is 278 g/mol. The van der Waals surface area contributed by atoms with Gasteiger partial charge in [0.05, 0.1) is 6.67 Å². The van der Waals surface area contributed by atoms with E-state index in [2.05, 4.69) is 0 Å². The van der Waals surface area contributed by atoms with Crippen molar-refractivity contribution in [1.82, 2.24) is 0 Å². The highest BCUT2D eigenvalue weighted by Gasteiger charge is 2.08. The molecule has 0 heterocycles. The Kier molecular flexibility index (Phi) is 4.83. The lowest BCUT2D eigenvalue weighted by Gasteiger charge is -2.07. The van der Waals surface area contributed by atoms with Gasteiger partial charge in [0.1, 0.15) is 11.6 Å². The van der Waals surface area contributed by atoms with Gasteiger partial charge in [0.2, 0.25) is 0 Å². The third-order valence-electron chi connectivity index (χ3n) is 3.42. The van der Waals surface area contributed by atoms with Crippen LogP contribution in [0.3, 0.4) is 0 Å². The quantitative estimate of drug-likeness (QED) is 0.657. The van der Waals surface area contributed by atoms with E-state index < -0.39 is 11.6 Å². The van der Waals surface area contributed by atoms with Crippen molar-refractivity contribution in [2.45, 2.75) is 26.2 Å². The zero-order valence-corrected chi connectivity index (χ0v) is 11.4.